The van der Waals surface area contributed by atoms with Gasteiger partial charge in [0.15, 0.2) is 0 Å². The Morgan fingerprint density at radius 2 is 2.30 bits per heavy atom. The molecular weight excluding hydrogens is 250 g/mol. The lowest BCUT2D eigenvalue weighted by Gasteiger charge is -2.36. The molecule has 20 heavy (non-hydrogen) atoms. The molecule has 1 aromatic heterocycles. The van der Waals surface area contributed by atoms with Crippen LogP contribution in [-0.2, 0) is 17.8 Å². The van der Waals surface area contributed by atoms with Gasteiger partial charge in [-0.25, -0.2) is 0 Å². The third kappa shape index (κ3) is 3.11. The van der Waals surface area contributed by atoms with E-state index in [0.29, 0.717) is 12.2 Å². The summed E-state index contributed by atoms with van der Waals surface area (Å²) in [6.45, 7) is 8.96. The normalized spacial score (nSPS) is 22.9. The van der Waals surface area contributed by atoms with Gasteiger partial charge in [0.25, 0.3) is 0 Å². The first kappa shape index (κ1) is 15.2. The molecule has 0 saturated carbocycles. The van der Waals surface area contributed by atoms with E-state index < -0.39 is 0 Å². The first-order valence-electron chi connectivity index (χ1n) is 7.88. The highest BCUT2D eigenvalue weighted by Crippen LogP contribution is 2.33. The Morgan fingerprint density at radius 3 is 2.90 bits per heavy atom. The second-order valence-electron chi connectivity index (χ2n) is 6.00. The number of Topliss-reactive ketones (excluding diaryl/α,β-unsaturated/α-hetero) is 1. The Bertz CT molecular complexity index is 453. The summed E-state index contributed by atoms with van der Waals surface area (Å²) in [4.78, 5) is 12.9. The van der Waals surface area contributed by atoms with Crippen molar-refractivity contribution in [3.63, 3.8) is 0 Å². The Kier molecular flexibility index (Phi) is 4.97. The van der Waals surface area contributed by atoms with Crippen LogP contribution in [0.3, 0.4) is 0 Å². The number of ketones is 1. The Balaban J connectivity index is 2.15. The molecule has 1 aromatic rings. The molecule has 1 aliphatic heterocycles. The van der Waals surface area contributed by atoms with E-state index in [1.54, 1.807) is 0 Å². The predicted molar refractivity (Wildman–Crippen MR) is 80.8 cm³/mol. The zero-order valence-electron chi connectivity index (χ0n) is 13.0. The number of aromatic nitrogens is 2. The quantitative estimate of drug-likeness (QED) is 0.869. The van der Waals surface area contributed by atoms with Gasteiger partial charge in [0, 0.05) is 30.6 Å². The summed E-state index contributed by atoms with van der Waals surface area (Å²) in [7, 11) is 0. The Hall–Kier alpha value is -1.16. The van der Waals surface area contributed by atoms with E-state index in [1.807, 2.05) is 11.6 Å². The molecule has 1 fully saturated rings. The van der Waals surface area contributed by atoms with E-state index in [4.69, 9.17) is 0 Å². The number of carbonyl (C=O) groups is 1. The third-order valence-electron chi connectivity index (χ3n) is 4.42. The van der Waals surface area contributed by atoms with Crippen LogP contribution in [0.4, 0.5) is 0 Å². The van der Waals surface area contributed by atoms with Gasteiger partial charge in [0.05, 0.1) is 5.69 Å². The lowest BCUT2D eigenvalue weighted by Crippen LogP contribution is -2.46. The van der Waals surface area contributed by atoms with Gasteiger partial charge in [0.2, 0.25) is 0 Å². The molecule has 0 aliphatic carbocycles. The van der Waals surface area contributed by atoms with Gasteiger partial charge in [-0.2, -0.15) is 5.10 Å². The van der Waals surface area contributed by atoms with E-state index in [2.05, 4.69) is 30.3 Å². The maximum atomic E-state index is 12.9. The number of hydrogen-bond donors (Lipinski definition) is 1. The average Bonchev–Trinajstić information content (AvgIpc) is 2.80. The standard InChI is InChI=1S/C16H27N3O/c1-4-7-16(8-6-9-17-12-16)15(20)11-14-10-13(3)18-19(14)5-2/h10,17H,4-9,11-12H2,1-3H3. The van der Waals surface area contributed by atoms with Crippen LogP contribution in [0.2, 0.25) is 0 Å². The number of piperidine rings is 1. The molecule has 1 aliphatic rings. The zero-order valence-corrected chi connectivity index (χ0v) is 13.0. The first-order chi connectivity index (χ1) is 9.61. The molecular formula is C16H27N3O. The smallest absolute Gasteiger partial charge is 0.146 e. The van der Waals surface area contributed by atoms with Crippen LogP contribution in [-0.4, -0.2) is 28.7 Å². The predicted octanol–water partition coefficient (Wildman–Crippen LogP) is 2.49. The number of nitrogens with one attached hydrogen (secondary N) is 1. The van der Waals surface area contributed by atoms with Crippen molar-refractivity contribution in [2.24, 2.45) is 5.41 Å². The van der Waals surface area contributed by atoms with E-state index in [-0.39, 0.29) is 5.41 Å². The van der Waals surface area contributed by atoms with Gasteiger partial charge in [0.1, 0.15) is 5.78 Å². The lowest BCUT2D eigenvalue weighted by molar-refractivity contribution is -0.129. The third-order valence-corrected chi connectivity index (χ3v) is 4.42. The summed E-state index contributed by atoms with van der Waals surface area (Å²) in [6, 6.07) is 2.05. The van der Waals surface area contributed by atoms with Crippen molar-refractivity contribution < 1.29 is 4.79 Å². The maximum Gasteiger partial charge on any atom is 0.146 e. The van der Waals surface area contributed by atoms with Gasteiger partial charge in [-0.3, -0.25) is 9.48 Å². The molecule has 4 heteroatoms. The fourth-order valence-corrected chi connectivity index (χ4v) is 3.40. The van der Waals surface area contributed by atoms with Crippen LogP contribution in [0, 0.1) is 12.3 Å². The highest BCUT2D eigenvalue weighted by molar-refractivity contribution is 5.87. The topological polar surface area (TPSA) is 46.9 Å². The SMILES string of the molecule is CCCC1(C(=O)Cc2cc(C)nn2CC)CCCNC1. The molecule has 0 aromatic carbocycles. The van der Waals surface area contributed by atoms with E-state index in [0.717, 1.165) is 56.7 Å². The summed E-state index contributed by atoms with van der Waals surface area (Å²) in [6.07, 6.45) is 4.73. The van der Waals surface area contributed by atoms with Crippen LogP contribution in [0.1, 0.15) is 50.9 Å². The molecule has 0 spiro atoms. The maximum absolute atomic E-state index is 12.9. The number of nitrogens with zero attached hydrogens (tertiary/aromatic N) is 2. The highest BCUT2D eigenvalue weighted by atomic mass is 16.1. The Morgan fingerprint density at radius 1 is 1.50 bits per heavy atom. The molecule has 0 radical (unpaired) electrons. The molecule has 2 heterocycles. The average molecular weight is 277 g/mol. The minimum absolute atomic E-state index is 0.149. The van der Waals surface area contributed by atoms with Crippen molar-refractivity contribution in [2.75, 3.05) is 13.1 Å². The summed E-state index contributed by atoms with van der Waals surface area (Å²) >= 11 is 0. The van der Waals surface area contributed by atoms with Gasteiger partial charge >= 0.3 is 0 Å². The van der Waals surface area contributed by atoms with Crippen LogP contribution in [0.15, 0.2) is 6.07 Å². The number of hydrogen-bond acceptors (Lipinski definition) is 3. The fraction of sp³-hybridized carbons (Fsp3) is 0.750. The highest BCUT2D eigenvalue weighted by Gasteiger charge is 2.38. The molecule has 1 saturated heterocycles. The van der Waals surface area contributed by atoms with Gasteiger partial charge < -0.3 is 5.32 Å². The van der Waals surface area contributed by atoms with E-state index in [1.165, 1.54) is 0 Å². The number of rotatable bonds is 6. The summed E-state index contributed by atoms with van der Waals surface area (Å²) in [5.41, 5.74) is 1.92. The molecule has 2 rings (SSSR count). The van der Waals surface area contributed by atoms with Crippen LogP contribution in [0.5, 0.6) is 0 Å². The Labute approximate surface area is 121 Å². The molecule has 0 bridgehead atoms. The van der Waals surface area contributed by atoms with Crippen LogP contribution in [0.25, 0.3) is 0 Å². The molecule has 1 atom stereocenters. The van der Waals surface area contributed by atoms with Crippen molar-refractivity contribution in [2.45, 2.75) is 59.4 Å². The molecule has 0 amide bonds. The molecule has 1 N–H and O–H groups in total. The van der Waals surface area contributed by atoms with Crippen molar-refractivity contribution in [1.29, 1.82) is 0 Å². The molecule has 112 valence electrons. The minimum atomic E-state index is -0.149. The molecule has 1 unspecified atom stereocenters. The lowest BCUT2D eigenvalue weighted by atomic mass is 9.72. The second-order valence-corrected chi connectivity index (χ2v) is 6.00. The number of aryl methyl sites for hydroxylation is 2. The van der Waals surface area contributed by atoms with E-state index in [9.17, 15) is 4.79 Å². The summed E-state index contributed by atoms with van der Waals surface area (Å²) in [5.74, 6) is 0.390. The van der Waals surface area contributed by atoms with Crippen LogP contribution < -0.4 is 5.32 Å². The monoisotopic (exact) mass is 277 g/mol. The van der Waals surface area contributed by atoms with Crippen LogP contribution >= 0.6 is 0 Å². The zero-order chi connectivity index (χ0) is 14.6. The van der Waals surface area contributed by atoms with Crippen molar-refractivity contribution in [3.05, 3.63) is 17.5 Å². The summed E-state index contributed by atoms with van der Waals surface area (Å²) < 4.78 is 1.96. The first-order valence-corrected chi connectivity index (χ1v) is 7.88. The number of carbonyl (C=O) groups excluding carboxylic acids is 1. The largest absolute Gasteiger partial charge is 0.316 e. The van der Waals surface area contributed by atoms with E-state index >= 15 is 0 Å². The van der Waals surface area contributed by atoms with Gasteiger partial charge in [-0.15, -0.1) is 0 Å². The fourth-order valence-electron chi connectivity index (χ4n) is 3.40. The van der Waals surface area contributed by atoms with Gasteiger partial charge in [-0.1, -0.05) is 13.3 Å². The minimum Gasteiger partial charge on any atom is -0.316 e. The second kappa shape index (κ2) is 6.53. The molecule has 4 nitrogen and oxygen atoms in total. The van der Waals surface area contributed by atoms with Crippen molar-refractivity contribution in [3.8, 4) is 0 Å². The summed E-state index contributed by atoms with van der Waals surface area (Å²) in [5, 5.41) is 7.86. The van der Waals surface area contributed by atoms with Crippen molar-refractivity contribution in [1.82, 2.24) is 15.1 Å². The van der Waals surface area contributed by atoms with Gasteiger partial charge in [-0.05, 0) is 45.7 Å². The van der Waals surface area contributed by atoms with Crippen molar-refractivity contribution >= 4 is 5.78 Å².